The summed E-state index contributed by atoms with van der Waals surface area (Å²) in [5.41, 5.74) is 8.03. The summed E-state index contributed by atoms with van der Waals surface area (Å²) in [6.07, 6.45) is 5.04. The number of fused-ring (bicyclic) bond motifs is 1. The molecule has 6 N–H and O–H groups in total. The van der Waals surface area contributed by atoms with Gasteiger partial charge < -0.3 is 26.5 Å². The number of benzene rings is 1. The molecule has 0 fully saturated rings. The minimum Gasteiger partial charge on any atom is -0.480 e. The number of carboxylic acid groups (broad SMARTS) is 1. The van der Waals surface area contributed by atoms with E-state index in [9.17, 15) is 19.5 Å². The largest absolute Gasteiger partial charge is 0.480 e. The second kappa shape index (κ2) is 11.8. The maximum atomic E-state index is 12.8. The lowest BCUT2D eigenvalue weighted by molar-refractivity contribution is -0.143. The Kier molecular flexibility index (Phi) is 9.39. The van der Waals surface area contributed by atoms with Crippen molar-refractivity contribution in [3.63, 3.8) is 0 Å². The molecule has 1 aromatic heterocycles. The van der Waals surface area contributed by atoms with Gasteiger partial charge in [-0.2, -0.15) is 11.8 Å². The Morgan fingerprint density at radius 1 is 1.19 bits per heavy atom. The standard InChI is InChI=1S/C22H32N4O4S/c1-4-13(2)19(22(29)30)26-21(28)18(9-10-31-3)25-20(27)16(23)11-14-12-24-17-8-6-5-7-15(14)17/h5-8,12-13,16,18-19,24H,4,9-11,23H2,1-3H3,(H,25,27)(H,26,28)(H,29,30)/t13-,16-,18-,19-/m0/s1. The summed E-state index contributed by atoms with van der Waals surface area (Å²) >= 11 is 1.54. The van der Waals surface area contributed by atoms with Crippen LogP contribution in [0, 0.1) is 5.92 Å². The summed E-state index contributed by atoms with van der Waals surface area (Å²) in [5.74, 6) is -1.63. The van der Waals surface area contributed by atoms with Crippen LogP contribution in [0.2, 0.25) is 0 Å². The van der Waals surface area contributed by atoms with Crippen molar-refractivity contribution in [2.24, 2.45) is 11.7 Å². The fourth-order valence-corrected chi connectivity index (χ4v) is 3.82. The smallest absolute Gasteiger partial charge is 0.326 e. The van der Waals surface area contributed by atoms with Crippen LogP contribution < -0.4 is 16.4 Å². The molecule has 0 saturated carbocycles. The highest BCUT2D eigenvalue weighted by Crippen LogP contribution is 2.19. The fraction of sp³-hybridized carbons (Fsp3) is 0.500. The molecule has 8 nitrogen and oxygen atoms in total. The first-order valence-corrected chi connectivity index (χ1v) is 11.8. The predicted molar refractivity (Wildman–Crippen MR) is 124 cm³/mol. The molecule has 4 atom stereocenters. The van der Waals surface area contributed by atoms with Crippen molar-refractivity contribution in [2.75, 3.05) is 12.0 Å². The van der Waals surface area contributed by atoms with Gasteiger partial charge in [-0.25, -0.2) is 4.79 Å². The number of nitrogens with one attached hydrogen (secondary N) is 3. The average Bonchev–Trinajstić information content (AvgIpc) is 3.16. The number of hydrogen-bond acceptors (Lipinski definition) is 5. The van der Waals surface area contributed by atoms with E-state index in [2.05, 4.69) is 15.6 Å². The van der Waals surface area contributed by atoms with Gasteiger partial charge in [0.15, 0.2) is 0 Å². The van der Waals surface area contributed by atoms with E-state index in [-0.39, 0.29) is 5.92 Å². The van der Waals surface area contributed by atoms with E-state index in [1.54, 1.807) is 18.7 Å². The first-order chi connectivity index (χ1) is 14.8. The van der Waals surface area contributed by atoms with Crippen LogP contribution in [0.5, 0.6) is 0 Å². The second-order valence-electron chi connectivity index (χ2n) is 7.72. The number of para-hydroxylation sites is 1. The fourth-order valence-electron chi connectivity index (χ4n) is 3.35. The molecule has 0 aliphatic rings. The topological polar surface area (TPSA) is 137 Å². The van der Waals surface area contributed by atoms with Crippen molar-refractivity contribution >= 4 is 40.4 Å². The van der Waals surface area contributed by atoms with Gasteiger partial charge >= 0.3 is 5.97 Å². The third-order valence-corrected chi connectivity index (χ3v) is 6.12. The summed E-state index contributed by atoms with van der Waals surface area (Å²) in [6.45, 7) is 3.63. The Hall–Kier alpha value is -2.52. The van der Waals surface area contributed by atoms with E-state index in [0.29, 0.717) is 25.0 Å². The van der Waals surface area contributed by atoms with Crippen molar-refractivity contribution in [3.05, 3.63) is 36.0 Å². The average molecular weight is 449 g/mol. The van der Waals surface area contributed by atoms with Gasteiger partial charge in [-0.3, -0.25) is 9.59 Å². The van der Waals surface area contributed by atoms with E-state index in [0.717, 1.165) is 16.5 Å². The summed E-state index contributed by atoms with van der Waals surface area (Å²) in [6, 6.07) is 5.06. The van der Waals surface area contributed by atoms with Gasteiger partial charge in [0.2, 0.25) is 11.8 Å². The predicted octanol–water partition coefficient (Wildman–Crippen LogP) is 1.89. The maximum absolute atomic E-state index is 12.8. The summed E-state index contributed by atoms with van der Waals surface area (Å²) < 4.78 is 0. The van der Waals surface area contributed by atoms with Crippen LogP contribution >= 0.6 is 11.8 Å². The van der Waals surface area contributed by atoms with Gasteiger partial charge in [0.1, 0.15) is 12.1 Å². The molecule has 0 aliphatic heterocycles. The Labute approximate surface area is 186 Å². The van der Waals surface area contributed by atoms with Gasteiger partial charge in [0, 0.05) is 17.1 Å². The van der Waals surface area contributed by atoms with Gasteiger partial charge in [-0.15, -0.1) is 0 Å². The molecule has 2 aromatic rings. The van der Waals surface area contributed by atoms with Gasteiger partial charge in [-0.05, 0) is 42.4 Å². The number of rotatable bonds is 12. The van der Waals surface area contributed by atoms with Crippen molar-refractivity contribution in [1.82, 2.24) is 15.6 Å². The number of aromatic amines is 1. The van der Waals surface area contributed by atoms with E-state index in [1.165, 1.54) is 0 Å². The summed E-state index contributed by atoms with van der Waals surface area (Å²) in [4.78, 5) is 40.2. The zero-order valence-corrected chi connectivity index (χ0v) is 19.0. The molecule has 0 aliphatic carbocycles. The Morgan fingerprint density at radius 3 is 2.55 bits per heavy atom. The zero-order chi connectivity index (χ0) is 23.0. The molecule has 2 amide bonds. The number of aromatic nitrogens is 1. The van der Waals surface area contributed by atoms with E-state index >= 15 is 0 Å². The van der Waals surface area contributed by atoms with Gasteiger partial charge in [0.05, 0.1) is 6.04 Å². The van der Waals surface area contributed by atoms with E-state index < -0.39 is 35.9 Å². The molecule has 31 heavy (non-hydrogen) atoms. The van der Waals surface area contributed by atoms with Crippen LogP contribution in [0.4, 0.5) is 0 Å². The first-order valence-electron chi connectivity index (χ1n) is 10.4. The van der Waals surface area contributed by atoms with Crippen LogP contribution in [0.1, 0.15) is 32.3 Å². The number of carbonyl (C=O) groups is 3. The number of carboxylic acids is 1. The molecule has 0 radical (unpaired) electrons. The molecule has 170 valence electrons. The molecular formula is C22H32N4O4S. The van der Waals surface area contributed by atoms with Crippen LogP contribution in [-0.2, 0) is 20.8 Å². The lowest BCUT2D eigenvalue weighted by Gasteiger charge is -2.25. The highest BCUT2D eigenvalue weighted by atomic mass is 32.2. The maximum Gasteiger partial charge on any atom is 0.326 e. The number of thioether (sulfide) groups is 1. The third kappa shape index (κ3) is 6.73. The molecule has 0 saturated heterocycles. The van der Waals surface area contributed by atoms with Crippen LogP contribution in [0.3, 0.4) is 0 Å². The zero-order valence-electron chi connectivity index (χ0n) is 18.2. The Balaban J connectivity index is 2.06. The van der Waals surface area contributed by atoms with Crippen molar-refractivity contribution < 1.29 is 19.5 Å². The number of nitrogens with two attached hydrogens (primary N) is 1. The molecule has 1 heterocycles. The van der Waals surface area contributed by atoms with Gasteiger partial charge in [-0.1, -0.05) is 38.5 Å². The summed E-state index contributed by atoms with van der Waals surface area (Å²) in [7, 11) is 0. The highest BCUT2D eigenvalue weighted by Gasteiger charge is 2.30. The molecule has 0 spiro atoms. The lowest BCUT2D eigenvalue weighted by Crippen LogP contribution is -2.56. The quantitative estimate of drug-likeness (QED) is 0.336. The third-order valence-electron chi connectivity index (χ3n) is 5.47. The minimum atomic E-state index is -1.09. The van der Waals surface area contributed by atoms with E-state index in [4.69, 9.17) is 5.73 Å². The highest BCUT2D eigenvalue weighted by molar-refractivity contribution is 7.98. The Morgan fingerprint density at radius 2 is 1.90 bits per heavy atom. The summed E-state index contributed by atoms with van der Waals surface area (Å²) in [5, 5.41) is 15.8. The lowest BCUT2D eigenvalue weighted by atomic mass is 9.98. The normalized spacial score (nSPS) is 15.1. The van der Waals surface area contributed by atoms with Crippen LogP contribution in [0.25, 0.3) is 10.9 Å². The molecule has 1 aromatic carbocycles. The number of carbonyl (C=O) groups excluding carboxylic acids is 2. The number of amides is 2. The molecular weight excluding hydrogens is 416 g/mol. The van der Waals surface area contributed by atoms with Crippen molar-refractivity contribution in [2.45, 2.75) is 51.2 Å². The SMILES string of the molecule is CC[C@H](C)[C@H](NC(=O)[C@H](CCSC)NC(=O)[C@@H](N)Cc1c[nH]c2ccccc12)C(=O)O. The van der Waals surface area contributed by atoms with Crippen LogP contribution in [0.15, 0.2) is 30.5 Å². The minimum absolute atomic E-state index is 0.234. The van der Waals surface area contributed by atoms with Gasteiger partial charge in [0.25, 0.3) is 0 Å². The monoisotopic (exact) mass is 448 g/mol. The molecule has 9 heteroatoms. The first kappa shape index (κ1) is 24.7. The number of aliphatic carboxylic acids is 1. The molecule has 0 unspecified atom stereocenters. The number of hydrogen-bond donors (Lipinski definition) is 5. The molecule has 0 bridgehead atoms. The van der Waals surface area contributed by atoms with Crippen molar-refractivity contribution in [3.8, 4) is 0 Å². The Bertz CT molecular complexity index is 901. The van der Waals surface area contributed by atoms with Crippen LogP contribution in [-0.4, -0.2) is 58.0 Å². The van der Waals surface area contributed by atoms with Crippen molar-refractivity contribution in [1.29, 1.82) is 0 Å². The second-order valence-corrected chi connectivity index (χ2v) is 8.71. The number of H-pyrrole nitrogens is 1. The van der Waals surface area contributed by atoms with E-state index in [1.807, 2.05) is 43.6 Å². The molecule has 2 rings (SSSR count).